The molecule has 0 aliphatic carbocycles. The molecule has 0 aliphatic rings. The van der Waals surface area contributed by atoms with E-state index in [1.165, 1.54) is 10.3 Å². The van der Waals surface area contributed by atoms with Crippen molar-refractivity contribution < 1.29 is 9.47 Å². The number of benzene rings is 4. The van der Waals surface area contributed by atoms with Gasteiger partial charge in [-0.3, -0.25) is 0 Å². The molecule has 0 amide bonds. The van der Waals surface area contributed by atoms with Gasteiger partial charge in [-0.15, -0.1) is 11.3 Å². The van der Waals surface area contributed by atoms with Gasteiger partial charge in [-0.25, -0.2) is 4.98 Å². The zero-order valence-corrected chi connectivity index (χ0v) is 21.1. The lowest BCUT2D eigenvalue weighted by Gasteiger charge is -2.13. The van der Waals surface area contributed by atoms with Gasteiger partial charge in [-0.1, -0.05) is 35.9 Å². The van der Waals surface area contributed by atoms with Gasteiger partial charge in [-0.05, 0) is 84.3 Å². The number of hydrogen-bond acceptors (Lipinski definition) is 5. The minimum absolute atomic E-state index is 0.450. The SMILES string of the molecule is COc1cc(CNc2ccc(-c3nc4ccc(C)cc4s3)cc2)ccc1OCc1ccc(Cl)cc1. The average molecular weight is 501 g/mol. The summed E-state index contributed by atoms with van der Waals surface area (Å²) in [5, 5.41) is 5.23. The molecule has 0 fully saturated rings. The van der Waals surface area contributed by atoms with Crippen LogP contribution in [0.15, 0.2) is 84.9 Å². The summed E-state index contributed by atoms with van der Waals surface area (Å²) in [4.78, 5) is 4.78. The summed E-state index contributed by atoms with van der Waals surface area (Å²) in [6, 6.07) is 28.4. The molecule has 1 heterocycles. The van der Waals surface area contributed by atoms with Crippen LogP contribution < -0.4 is 14.8 Å². The monoisotopic (exact) mass is 500 g/mol. The van der Waals surface area contributed by atoms with Crippen molar-refractivity contribution in [1.29, 1.82) is 0 Å². The van der Waals surface area contributed by atoms with E-state index in [9.17, 15) is 0 Å². The van der Waals surface area contributed by atoms with Crippen LogP contribution in [0.1, 0.15) is 16.7 Å². The van der Waals surface area contributed by atoms with E-state index < -0.39 is 0 Å². The molecule has 4 nitrogen and oxygen atoms in total. The smallest absolute Gasteiger partial charge is 0.161 e. The predicted molar refractivity (Wildman–Crippen MR) is 146 cm³/mol. The molecule has 5 aromatic rings. The van der Waals surface area contributed by atoms with E-state index in [1.54, 1.807) is 18.4 Å². The highest BCUT2D eigenvalue weighted by Crippen LogP contribution is 2.32. The van der Waals surface area contributed by atoms with Crippen molar-refractivity contribution in [2.75, 3.05) is 12.4 Å². The Hall–Kier alpha value is -3.54. The zero-order valence-electron chi connectivity index (χ0n) is 19.5. The molecule has 0 saturated heterocycles. The second kappa shape index (κ2) is 10.4. The third-order valence-corrected chi connectivity index (χ3v) is 7.03. The van der Waals surface area contributed by atoms with Crippen molar-refractivity contribution >= 4 is 38.8 Å². The molecule has 1 N–H and O–H groups in total. The van der Waals surface area contributed by atoms with Crippen molar-refractivity contribution in [1.82, 2.24) is 4.98 Å². The highest BCUT2D eigenvalue weighted by molar-refractivity contribution is 7.21. The third-order valence-electron chi connectivity index (χ3n) is 5.71. The Morgan fingerprint density at radius 1 is 0.857 bits per heavy atom. The first-order valence-electron chi connectivity index (χ1n) is 11.3. The summed E-state index contributed by atoms with van der Waals surface area (Å²) in [6.45, 7) is 3.23. The maximum Gasteiger partial charge on any atom is 0.161 e. The van der Waals surface area contributed by atoms with Crippen LogP contribution in [-0.4, -0.2) is 12.1 Å². The van der Waals surface area contributed by atoms with E-state index in [2.05, 4.69) is 54.7 Å². The maximum atomic E-state index is 5.96. The topological polar surface area (TPSA) is 43.4 Å². The summed E-state index contributed by atoms with van der Waals surface area (Å²) < 4.78 is 12.7. The summed E-state index contributed by atoms with van der Waals surface area (Å²) >= 11 is 7.68. The van der Waals surface area contributed by atoms with Crippen LogP contribution in [0.3, 0.4) is 0 Å². The van der Waals surface area contributed by atoms with E-state index >= 15 is 0 Å². The molecule has 4 aromatic carbocycles. The fraction of sp³-hybridized carbons (Fsp3) is 0.138. The van der Waals surface area contributed by atoms with Gasteiger partial charge in [0.25, 0.3) is 0 Å². The number of nitrogens with zero attached hydrogens (tertiary/aromatic N) is 1. The molecule has 0 atom stereocenters. The van der Waals surface area contributed by atoms with Crippen molar-refractivity contribution in [3.8, 4) is 22.1 Å². The van der Waals surface area contributed by atoms with Crippen LogP contribution in [0.4, 0.5) is 5.69 Å². The van der Waals surface area contributed by atoms with Gasteiger partial charge in [-0.2, -0.15) is 0 Å². The molecule has 0 aliphatic heterocycles. The molecule has 0 radical (unpaired) electrons. The van der Waals surface area contributed by atoms with E-state index in [-0.39, 0.29) is 0 Å². The van der Waals surface area contributed by atoms with Gasteiger partial charge >= 0.3 is 0 Å². The third kappa shape index (κ3) is 5.59. The normalized spacial score (nSPS) is 10.9. The summed E-state index contributed by atoms with van der Waals surface area (Å²) in [7, 11) is 1.66. The predicted octanol–water partition coefficient (Wildman–Crippen LogP) is 8.12. The Bertz CT molecular complexity index is 1450. The number of aryl methyl sites for hydroxylation is 1. The van der Waals surface area contributed by atoms with Gasteiger partial charge in [0, 0.05) is 22.8 Å². The van der Waals surface area contributed by atoms with Crippen LogP contribution >= 0.6 is 22.9 Å². The fourth-order valence-corrected chi connectivity index (χ4v) is 4.97. The summed E-state index contributed by atoms with van der Waals surface area (Å²) in [6.07, 6.45) is 0. The molecular weight excluding hydrogens is 476 g/mol. The first kappa shape index (κ1) is 23.2. The van der Waals surface area contributed by atoms with Crippen molar-refractivity contribution in [3.63, 3.8) is 0 Å². The first-order chi connectivity index (χ1) is 17.1. The molecule has 0 unspecified atom stereocenters. The number of fused-ring (bicyclic) bond motifs is 1. The number of hydrogen-bond donors (Lipinski definition) is 1. The van der Waals surface area contributed by atoms with Crippen LogP contribution in [0.5, 0.6) is 11.5 Å². The van der Waals surface area contributed by atoms with Gasteiger partial charge in [0.1, 0.15) is 11.6 Å². The number of thiazole rings is 1. The van der Waals surface area contributed by atoms with Gasteiger partial charge in [0.05, 0.1) is 17.3 Å². The Morgan fingerprint density at radius 3 is 2.40 bits per heavy atom. The molecule has 0 bridgehead atoms. The Balaban J connectivity index is 1.22. The summed E-state index contributed by atoms with van der Waals surface area (Å²) in [5.74, 6) is 1.42. The first-order valence-corrected chi connectivity index (χ1v) is 12.5. The molecule has 0 spiro atoms. The van der Waals surface area contributed by atoms with Crippen LogP contribution in [0.2, 0.25) is 5.02 Å². The number of anilines is 1. The molecular formula is C29H25ClN2O2S. The molecule has 0 saturated carbocycles. The van der Waals surface area contributed by atoms with Crippen LogP contribution in [-0.2, 0) is 13.2 Å². The lowest BCUT2D eigenvalue weighted by Crippen LogP contribution is -2.02. The molecule has 5 rings (SSSR count). The highest BCUT2D eigenvalue weighted by Gasteiger charge is 2.08. The lowest BCUT2D eigenvalue weighted by molar-refractivity contribution is 0.284. The van der Waals surface area contributed by atoms with Crippen molar-refractivity contribution in [2.24, 2.45) is 0 Å². The number of nitrogens with one attached hydrogen (secondary N) is 1. The Kier molecular flexibility index (Phi) is 6.89. The van der Waals surface area contributed by atoms with Gasteiger partial charge in [0.2, 0.25) is 0 Å². The van der Waals surface area contributed by atoms with Crippen molar-refractivity contribution in [3.05, 3.63) is 107 Å². The van der Waals surface area contributed by atoms with E-state index in [0.717, 1.165) is 32.9 Å². The van der Waals surface area contributed by atoms with Crippen LogP contribution in [0, 0.1) is 6.92 Å². The van der Waals surface area contributed by atoms with E-state index in [0.29, 0.717) is 29.7 Å². The number of methoxy groups -OCH3 is 1. The average Bonchev–Trinajstić information content (AvgIpc) is 3.31. The highest BCUT2D eigenvalue weighted by atomic mass is 35.5. The summed E-state index contributed by atoms with van der Waals surface area (Å²) in [5.41, 5.74) is 6.63. The standard InChI is InChI=1S/C29H25ClN2O2S/c1-19-3-13-25-28(15-19)35-29(32-25)22-7-11-24(12-8-22)31-17-21-6-14-26(27(16-21)33-2)34-18-20-4-9-23(30)10-5-20/h3-16,31H,17-18H2,1-2H3. The second-order valence-corrected chi connectivity index (χ2v) is 9.79. The quantitative estimate of drug-likeness (QED) is 0.233. The number of aromatic nitrogens is 1. The minimum atomic E-state index is 0.450. The number of ether oxygens (including phenoxy) is 2. The minimum Gasteiger partial charge on any atom is -0.493 e. The molecule has 176 valence electrons. The largest absolute Gasteiger partial charge is 0.493 e. The molecule has 6 heteroatoms. The maximum absolute atomic E-state index is 5.96. The second-order valence-electron chi connectivity index (χ2n) is 8.32. The number of rotatable bonds is 8. The van der Waals surface area contributed by atoms with Gasteiger partial charge in [0.15, 0.2) is 11.5 Å². The van der Waals surface area contributed by atoms with E-state index in [1.807, 2.05) is 42.5 Å². The van der Waals surface area contributed by atoms with Crippen molar-refractivity contribution in [2.45, 2.75) is 20.1 Å². The molecule has 1 aromatic heterocycles. The van der Waals surface area contributed by atoms with Crippen LogP contribution in [0.25, 0.3) is 20.8 Å². The zero-order chi connectivity index (χ0) is 24.2. The van der Waals surface area contributed by atoms with Gasteiger partial charge < -0.3 is 14.8 Å². The Morgan fingerprint density at radius 2 is 1.63 bits per heavy atom. The fourth-order valence-electron chi connectivity index (χ4n) is 3.77. The molecule has 35 heavy (non-hydrogen) atoms. The lowest BCUT2D eigenvalue weighted by atomic mass is 10.1. The number of halogens is 1. The van der Waals surface area contributed by atoms with E-state index in [4.69, 9.17) is 26.1 Å². The Labute approximate surface area is 214 Å².